The van der Waals surface area contributed by atoms with Crippen LogP contribution in [0.2, 0.25) is 0 Å². The fourth-order valence-corrected chi connectivity index (χ4v) is 2.11. The van der Waals surface area contributed by atoms with Crippen LogP contribution in [0.3, 0.4) is 0 Å². The quantitative estimate of drug-likeness (QED) is 0.521. The Labute approximate surface area is 74.6 Å². The van der Waals surface area contributed by atoms with Gasteiger partial charge in [0.1, 0.15) is 0 Å². The fourth-order valence-electron chi connectivity index (χ4n) is 1.45. The van der Waals surface area contributed by atoms with Crippen molar-refractivity contribution in [3.63, 3.8) is 0 Å². The summed E-state index contributed by atoms with van der Waals surface area (Å²) in [6.07, 6.45) is 8.03. The topological polar surface area (TPSA) is 0 Å². The molecule has 2 atom stereocenters. The van der Waals surface area contributed by atoms with E-state index in [9.17, 15) is 0 Å². The molecule has 0 spiro atoms. The van der Waals surface area contributed by atoms with Crippen LogP contribution in [0.4, 0.5) is 0 Å². The van der Waals surface area contributed by atoms with Gasteiger partial charge < -0.3 is 0 Å². The van der Waals surface area contributed by atoms with Crippen molar-refractivity contribution in [1.82, 2.24) is 0 Å². The van der Waals surface area contributed by atoms with Crippen molar-refractivity contribution < 1.29 is 0 Å². The van der Waals surface area contributed by atoms with Gasteiger partial charge in [-0.2, -0.15) is 25.3 Å². The summed E-state index contributed by atoms with van der Waals surface area (Å²) in [4.78, 5) is 0. The molecule has 0 aromatic heterocycles. The van der Waals surface area contributed by atoms with Gasteiger partial charge in [-0.05, 0) is 12.8 Å². The first-order chi connectivity index (χ1) is 4.80. The maximum Gasteiger partial charge on any atom is 0.0133 e. The first-order valence-corrected chi connectivity index (χ1v) is 5.20. The van der Waals surface area contributed by atoms with Gasteiger partial charge >= 0.3 is 0 Å². The number of hydrogen-bond donors (Lipinski definition) is 2. The second-order valence-corrected chi connectivity index (χ2v) is 4.45. The molecule has 0 aromatic rings. The Bertz CT molecular complexity index is 81.3. The molecule has 0 aliphatic heterocycles. The van der Waals surface area contributed by atoms with Crippen molar-refractivity contribution in [3.05, 3.63) is 0 Å². The Balaban J connectivity index is 2.28. The van der Waals surface area contributed by atoms with E-state index in [2.05, 4.69) is 25.3 Å². The van der Waals surface area contributed by atoms with Crippen molar-refractivity contribution in [2.75, 3.05) is 0 Å². The summed E-state index contributed by atoms with van der Waals surface area (Å²) in [7, 11) is 0. The van der Waals surface area contributed by atoms with Crippen molar-refractivity contribution in [2.24, 2.45) is 0 Å². The lowest BCUT2D eigenvalue weighted by atomic mass is 10.0. The minimum atomic E-state index is 0.545. The normalized spacial score (nSPS) is 36.6. The first-order valence-electron chi connectivity index (χ1n) is 4.17. The third-order valence-electron chi connectivity index (χ3n) is 2.19. The zero-order valence-electron chi connectivity index (χ0n) is 6.29. The monoisotopic (exact) mass is 176 g/mol. The van der Waals surface area contributed by atoms with Gasteiger partial charge in [0, 0.05) is 10.5 Å². The Morgan fingerprint density at radius 1 is 0.700 bits per heavy atom. The van der Waals surface area contributed by atoms with Crippen LogP contribution >= 0.6 is 25.3 Å². The third kappa shape index (κ3) is 2.75. The van der Waals surface area contributed by atoms with E-state index < -0.39 is 0 Å². The predicted octanol–water partition coefficient (Wildman–Crippen LogP) is 2.94. The summed E-state index contributed by atoms with van der Waals surface area (Å²) < 4.78 is 0. The number of hydrogen-bond acceptors (Lipinski definition) is 2. The Kier molecular flexibility index (Phi) is 4.00. The SMILES string of the molecule is S[C@@H]1CCCCCC[C@@H]1S. The molecule has 0 N–H and O–H groups in total. The molecule has 60 valence electrons. The molecule has 0 bridgehead atoms. The molecule has 0 heterocycles. The molecule has 10 heavy (non-hydrogen) atoms. The number of thiol groups is 2. The lowest BCUT2D eigenvalue weighted by Crippen LogP contribution is -2.16. The van der Waals surface area contributed by atoms with Gasteiger partial charge in [-0.3, -0.25) is 0 Å². The molecule has 1 fully saturated rings. The highest BCUT2D eigenvalue weighted by Crippen LogP contribution is 2.24. The van der Waals surface area contributed by atoms with Crippen molar-refractivity contribution in [3.8, 4) is 0 Å². The molecule has 1 saturated carbocycles. The van der Waals surface area contributed by atoms with Crippen LogP contribution in [-0.2, 0) is 0 Å². The van der Waals surface area contributed by atoms with Gasteiger partial charge in [0.25, 0.3) is 0 Å². The molecular formula is C8H16S2. The Morgan fingerprint density at radius 2 is 1.10 bits per heavy atom. The average Bonchev–Trinajstić information content (AvgIpc) is 1.92. The van der Waals surface area contributed by atoms with Gasteiger partial charge in [0.15, 0.2) is 0 Å². The smallest absolute Gasteiger partial charge is 0.0133 e. The van der Waals surface area contributed by atoms with E-state index in [1.54, 1.807) is 0 Å². The fraction of sp³-hybridized carbons (Fsp3) is 1.00. The zero-order chi connectivity index (χ0) is 7.40. The minimum Gasteiger partial charge on any atom is -0.175 e. The van der Waals surface area contributed by atoms with E-state index in [-0.39, 0.29) is 0 Å². The van der Waals surface area contributed by atoms with Gasteiger partial charge in [0.05, 0.1) is 0 Å². The van der Waals surface area contributed by atoms with E-state index in [1.807, 2.05) is 0 Å². The maximum absolute atomic E-state index is 4.50. The summed E-state index contributed by atoms with van der Waals surface area (Å²) in [6.45, 7) is 0. The number of rotatable bonds is 0. The third-order valence-corrected chi connectivity index (χ3v) is 3.67. The van der Waals surface area contributed by atoms with Crippen LogP contribution in [0.25, 0.3) is 0 Å². The maximum atomic E-state index is 4.50. The largest absolute Gasteiger partial charge is 0.175 e. The zero-order valence-corrected chi connectivity index (χ0v) is 8.08. The average molecular weight is 176 g/mol. The molecule has 1 rings (SSSR count). The highest BCUT2D eigenvalue weighted by atomic mass is 32.1. The molecule has 2 heteroatoms. The lowest BCUT2D eigenvalue weighted by Gasteiger charge is -2.20. The van der Waals surface area contributed by atoms with Crippen molar-refractivity contribution in [1.29, 1.82) is 0 Å². The van der Waals surface area contributed by atoms with Crippen LogP contribution in [0, 0.1) is 0 Å². The molecule has 0 saturated heterocycles. The molecule has 0 amide bonds. The highest BCUT2D eigenvalue weighted by molar-refractivity contribution is 7.85. The van der Waals surface area contributed by atoms with Gasteiger partial charge in [-0.15, -0.1) is 0 Å². The van der Waals surface area contributed by atoms with Crippen LogP contribution in [-0.4, -0.2) is 10.5 Å². The van der Waals surface area contributed by atoms with Gasteiger partial charge in [0.2, 0.25) is 0 Å². The van der Waals surface area contributed by atoms with E-state index >= 15 is 0 Å². The van der Waals surface area contributed by atoms with Crippen LogP contribution in [0.5, 0.6) is 0 Å². The minimum absolute atomic E-state index is 0.545. The van der Waals surface area contributed by atoms with Crippen LogP contribution in [0.15, 0.2) is 0 Å². The molecule has 1 aliphatic carbocycles. The molecular weight excluding hydrogens is 160 g/mol. The van der Waals surface area contributed by atoms with Gasteiger partial charge in [-0.25, -0.2) is 0 Å². The van der Waals surface area contributed by atoms with E-state index in [1.165, 1.54) is 38.5 Å². The Morgan fingerprint density at radius 3 is 1.50 bits per heavy atom. The second kappa shape index (κ2) is 4.55. The lowest BCUT2D eigenvalue weighted by molar-refractivity contribution is 0.524. The summed E-state index contributed by atoms with van der Waals surface area (Å²) in [5.74, 6) is 0. The van der Waals surface area contributed by atoms with Crippen molar-refractivity contribution >= 4 is 25.3 Å². The first kappa shape index (κ1) is 8.79. The van der Waals surface area contributed by atoms with Crippen LogP contribution in [0.1, 0.15) is 38.5 Å². The Hall–Kier alpha value is 0.700. The van der Waals surface area contributed by atoms with E-state index in [4.69, 9.17) is 0 Å². The van der Waals surface area contributed by atoms with E-state index in [0.29, 0.717) is 10.5 Å². The molecule has 0 aromatic carbocycles. The molecule has 0 unspecified atom stereocenters. The molecule has 1 aliphatic rings. The summed E-state index contributed by atoms with van der Waals surface area (Å²) in [6, 6.07) is 0. The second-order valence-electron chi connectivity index (χ2n) is 3.13. The highest BCUT2D eigenvalue weighted by Gasteiger charge is 2.15. The predicted molar refractivity (Wildman–Crippen MR) is 53.3 cm³/mol. The van der Waals surface area contributed by atoms with Crippen molar-refractivity contribution in [2.45, 2.75) is 49.0 Å². The standard InChI is InChI=1S/C8H16S2/c9-7-5-3-1-2-4-6-8(7)10/h7-10H,1-6H2/t7-,8+. The summed E-state index contributed by atoms with van der Waals surface area (Å²) in [5, 5.41) is 1.09. The van der Waals surface area contributed by atoms with Gasteiger partial charge in [-0.1, -0.05) is 25.7 Å². The van der Waals surface area contributed by atoms with E-state index in [0.717, 1.165) is 0 Å². The summed E-state index contributed by atoms with van der Waals surface area (Å²) >= 11 is 8.99. The summed E-state index contributed by atoms with van der Waals surface area (Å²) in [5.41, 5.74) is 0. The van der Waals surface area contributed by atoms with Crippen LogP contribution < -0.4 is 0 Å². The molecule has 0 radical (unpaired) electrons. The molecule has 0 nitrogen and oxygen atoms in total.